The third-order valence-corrected chi connectivity index (χ3v) is 5.30. The number of carbonyl (C=O) groups is 2. The first-order chi connectivity index (χ1) is 13.2. The van der Waals surface area contributed by atoms with Crippen LogP contribution in [0.25, 0.3) is 0 Å². The molecule has 1 aromatic rings. The van der Waals surface area contributed by atoms with Crippen molar-refractivity contribution in [2.75, 3.05) is 13.2 Å². The van der Waals surface area contributed by atoms with Gasteiger partial charge in [-0.2, -0.15) is 0 Å². The molecule has 0 bridgehead atoms. The summed E-state index contributed by atoms with van der Waals surface area (Å²) in [7, 11) is 0. The Morgan fingerprint density at radius 3 is 2.70 bits per heavy atom. The number of carbonyl (C=O) groups excluding carboxylic acids is 2. The van der Waals surface area contributed by atoms with Crippen molar-refractivity contribution in [3.8, 4) is 0 Å². The molecule has 2 atom stereocenters. The van der Waals surface area contributed by atoms with Gasteiger partial charge in [0.2, 0.25) is 5.91 Å². The first kappa shape index (κ1) is 17.6. The van der Waals surface area contributed by atoms with E-state index in [2.05, 4.69) is 10.6 Å². The van der Waals surface area contributed by atoms with Crippen LogP contribution in [0.5, 0.6) is 0 Å². The SMILES string of the molecule is O=C(COCc1ccccc1)C1CC2(CN1)C(=O)NC1=C2\C=C/C=C\C=C/1. The summed E-state index contributed by atoms with van der Waals surface area (Å²) in [5.74, 6) is -0.0633. The minimum atomic E-state index is -0.693. The summed E-state index contributed by atoms with van der Waals surface area (Å²) in [6, 6.07) is 9.38. The number of nitrogens with one attached hydrogen (secondary N) is 2. The molecule has 4 rings (SSSR count). The highest BCUT2D eigenvalue weighted by Crippen LogP contribution is 2.43. The number of benzene rings is 1. The zero-order valence-corrected chi connectivity index (χ0v) is 15.0. The van der Waals surface area contributed by atoms with Crippen molar-refractivity contribution in [2.24, 2.45) is 5.41 Å². The van der Waals surface area contributed by atoms with E-state index in [9.17, 15) is 9.59 Å². The highest BCUT2D eigenvalue weighted by molar-refractivity contribution is 5.96. The van der Waals surface area contributed by atoms with E-state index in [-0.39, 0.29) is 24.3 Å². The maximum Gasteiger partial charge on any atom is 0.236 e. The maximum atomic E-state index is 12.7. The van der Waals surface area contributed by atoms with Gasteiger partial charge in [0.25, 0.3) is 0 Å². The van der Waals surface area contributed by atoms with E-state index < -0.39 is 5.41 Å². The maximum absolute atomic E-state index is 12.7. The highest BCUT2D eigenvalue weighted by Gasteiger charge is 2.53. The van der Waals surface area contributed by atoms with Gasteiger partial charge in [-0.15, -0.1) is 0 Å². The number of hydrogen-bond donors (Lipinski definition) is 2. The Bertz CT molecular complexity index is 867. The Labute approximate surface area is 158 Å². The average Bonchev–Trinajstić information content (AvgIpc) is 3.20. The molecule has 2 N–H and O–H groups in total. The molecule has 1 fully saturated rings. The molecule has 1 spiro atoms. The van der Waals surface area contributed by atoms with Crippen molar-refractivity contribution in [1.82, 2.24) is 10.6 Å². The Morgan fingerprint density at radius 2 is 1.89 bits per heavy atom. The molecule has 0 aromatic heterocycles. The summed E-state index contributed by atoms with van der Waals surface area (Å²) < 4.78 is 5.58. The topological polar surface area (TPSA) is 67.4 Å². The third-order valence-electron chi connectivity index (χ3n) is 5.30. The van der Waals surface area contributed by atoms with Gasteiger partial charge in [0.05, 0.1) is 18.1 Å². The molecule has 2 unspecified atom stereocenters. The van der Waals surface area contributed by atoms with E-state index in [1.165, 1.54) is 0 Å². The Balaban J connectivity index is 1.41. The second kappa shape index (κ2) is 7.47. The van der Waals surface area contributed by atoms with E-state index in [0.29, 0.717) is 19.6 Å². The smallest absolute Gasteiger partial charge is 0.236 e. The summed E-state index contributed by atoms with van der Waals surface area (Å²) in [5, 5.41) is 6.20. The normalized spacial score (nSPS) is 29.8. The molecule has 1 saturated heterocycles. The molecule has 1 amide bonds. The van der Waals surface area contributed by atoms with Crippen LogP contribution in [-0.2, 0) is 20.9 Å². The van der Waals surface area contributed by atoms with Crippen LogP contribution in [-0.4, -0.2) is 30.9 Å². The predicted molar refractivity (Wildman–Crippen MR) is 103 cm³/mol. The van der Waals surface area contributed by atoms with E-state index in [1.54, 1.807) is 0 Å². The van der Waals surface area contributed by atoms with Gasteiger partial charge < -0.3 is 15.4 Å². The molecule has 5 heteroatoms. The van der Waals surface area contributed by atoms with Crippen molar-refractivity contribution in [3.63, 3.8) is 0 Å². The molecule has 0 saturated carbocycles. The second-order valence-electron chi connectivity index (χ2n) is 7.05. The quantitative estimate of drug-likeness (QED) is 0.843. The molecule has 1 aromatic carbocycles. The molecule has 138 valence electrons. The van der Waals surface area contributed by atoms with Gasteiger partial charge in [-0.3, -0.25) is 9.59 Å². The molecule has 27 heavy (non-hydrogen) atoms. The van der Waals surface area contributed by atoms with E-state index in [1.807, 2.05) is 66.8 Å². The monoisotopic (exact) mass is 362 g/mol. The Hall–Kier alpha value is -2.76. The van der Waals surface area contributed by atoms with Crippen LogP contribution in [0.3, 0.4) is 0 Å². The first-order valence-electron chi connectivity index (χ1n) is 9.14. The molecule has 2 aliphatic heterocycles. The van der Waals surface area contributed by atoms with E-state index >= 15 is 0 Å². The van der Waals surface area contributed by atoms with Crippen molar-refractivity contribution >= 4 is 11.7 Å². The van der Waals surface area contributed by atoms with Crippen LogP contribution >= 0.6 is 0 Å². The van der Waals surface area contributed by atoms with Gasteiger partial charge in [-0.25, -0.2) is 0 Å². The number of rotatable bonds is 5. The molecule has 2 heterocycles. The fourth-order valence-electron chi connectivity index (χ4n) is 3.84. The number of fused-ring (bicyclic) bond motifs is 1. The number of amides is 1. The van der Waals surface area contributed by atoms with Crippen LogP contribution in [0, 0.1) is 5.41 Å². The lowest BCUT2D eigenvalue weighted by molar-refractivity contribution is -0.127. The number of allylic oxidation sites excluding steroid dienone is 6. The van der Waals surface area contributed by atoms with Gasteiger partial charge in [0.15, 0.2) is 5.78 Å². The summed E-state index contributed by atoms with van der Waals surface area (Å²) in [4.78, 5) is 25.3. The summed E-state index contributed by atoms with van der Waals surface area (Å²) in [6.45, 7) is 0.892. The summed E-state index contributed by atoms with van der Waals surface area (Å²) in [5.41, 5.74) is 2.10. The van der Waals surface area contributed by atoms with E-state index in [0.717, 1.165) is 16.8 Å². The molecular weight excluding hydrogens is 340 g/mol. The van der Waals surface area contributed by atoms with Gasteiger partial charge in [-0.1, -0.05) is 60.7 Å². The predicted octanol–water partition coefficient (Wildman–Crippen LogP) is 2.19. The zero-order chi connectivity index (χ0) is 18.7. The van der Waals surface area contributed by atoms with Crippen molar-refractivity contribution < 1.29 is 14.3 Å². The average molecular weight is 362 g/mol. The molecular formula is C22H22N2O3. The summed E-state index contributed by atoms with van der Waals surface area (Å²) >= 11 is 0. The minimum Gasteiger partial charge on any atom is -0.369 e. The fraction of sp³-hybridized carbons (Fsp3) is 0.273. The summed E-state index contributed by atoms with van der Waals surface area (Å²) in [6.07, 6.45) is 12.0. The minimum absolute atomic E-state index is 0.0186. The van der Waals surface area contributed by atoms with Gasteiger partial charge >= 0.3 is 0 Å². The number of ether oxygens (including phenoxy) is 1. The third kappa shape index (κ3) is 3.44. The first-order valence-corrected chi connectivity index (χ1v) is 9.14. The molecule has 3 aliphatic rings. The Kier molecular flexibility index (Phi) is 4.88. The van der Waals surface area contributed by atoms with Gasteiger partial charge in [0, 0.05) is 12.2 Å². The molecule has 0 radical (unpaired) electrons. The van der Waals surface area contributed by atoms with Gasteiger partial charge in [0.1, 0.15) is 6.61 Å². The second-order valence-corrected chi connectivity index (χ2v) is 7.05. The largest absolute Gasteiger partial charge is 0.369 e. The number of Topliss-reactive ketones (excluding diaryl/α,β-unsaturated/α-hetero) is 1. The van der Waals surface area contributed by atoms with Crippen molar-refractivity contribution in [2.45, 2.75) is 19.1 Å². The lowest BCUT2D eigenvalue weighted by Crippen LogP contribution is -2.36. The van der Waals surface area contributed by atoms with Crippen LogP contribution in [0.4, 0.5) is 0 Å². The number of hydrogen-bond acceptors (Lipinski definition) is 4. The lowest BCUT2D eigenvalue weighted by atomic mass is 9.78. The van der Waals surface area contributed by atoms with E-state index in [4.69, 9.17) is 4.74 Å². The number of ketones is 1. The standard InChI is InChI=1S/C22H22N2O3/c25-20(14-27-13-16-8-4-3-5-9-16)19-12-22(15-23-19)17-10-6-1-2-7-11-18(17)24-21(22)26/h1-11,19,23H,12-15H2,(H,24,26)/b2-1-,6-1?,7-2?,10-6-,11-7-,17-10?,18-11?. The fourth-order valence-corrected chi connectivity index (χ4v) is 3.84. The molecule has 1 aliphatic carbocycles. The lowest BCUT2D eigenvalue weighted by Gasteiger charge is -2.21. The van der Waals surface area contributed by atoms with Crippen molar-refractivity contribution in [1.29, 1.82) is 0 Å². The van der Waals surface area contributed by atoms with Crippen LogP contribution in [0.15, 0.2) is 78.1 Å². The van der Waals surface area contributed by atoms with Gasteiger partial charge in [-0.05, 0) is 23.6 Å². The van der Waals surface area contributed by atoms with Crippen LogP contribution in [0.1, 0.15) is 12.0 Å². The van der Waals surface area contributed by atoms with Crippen molar-refractivity contribution in [3.05, 3.63) is 83.6 Å². The zero-order valence-electron chi connectivity index (χ0n) is 15.0. The molecule has 5 nitrogen and oxygen atoms in total. The van der Waals surface area contributed by atoms with Crippen LogP contribution in [0.2, 0.25) is 0 Å². The van der Waals surface area contributed by atoms with Crippen LogP contribution < -0.4 is 10.6 Å². The highest BCUT2D eigenvalue weighted by atomic mass is 16.5. The Morgan fingerprint density at radius 1 is 1.11 bits per heavy atom.